The summed E-state index contributed by atoms with van der Waals surface area (Å²) in [5.41, 5.74) is 0.175. The van der Waals surface area contributed by atoms with Crippen LogP contribution in [0.15, 0.2) is 18.2 Å². The summed E-state index contributed by atoms with van der Waals surface area (Å²) in [5.74, 6) is -0.472. The van der Waals surface area contributed by atoms with Crippen molar-refractivity contribution in [3.05, 3.63) is 34.1 Å². The lowest BCUT2D eigenvalue weighted by Crippen LogP contribution is -2.40. The van der Waals surface area contributed by atoms with E-state index in [4.69, 9.17) is 4.74 Å². The van der Waals surface area contributed by atoms with Crippen molar-refractivity contribution >= 4 is 11.4 Å². The lowest BCUT2D eigenvalue weighted by atomic mass is 10.0. The molecule has 0 unspecified atom stereocenters. The maximum atomic E-state index is 13.3. The van der Waals surface area contributed by atoms with Crippen LogP contribution in [0, 0.1) is 15.9 Å². The van der Waals surface area contributed by atoms with Crippen LogP contribution >= 0.6 is 0 Å². The maximum absolute atomic E-state index is 13.3. The molecule has 2 rings (SSSR count). The highest BCUT2D eigenvalue weighted by molar-refractivity contribution is 5.61. The van der Waals surface area contributed by atoms with E-state index in [1.165, 1.54) is 12.1 Å². The molecule has 1 aromatic rings. The Hall–Kier alpha value is -1.73. The molecule has 0 amide bonds. The highest BCUT2D eigenvalue weighted by Crippen LogP contribution is 2.27. The molecule has 0 atom stereocenters. The van der Waals surface area contributed by atoms with E-state index in [1.54, 1.807) is 7.11 Å². The van der Waals surface area contributed by atoms with Gasteiger partial charge in [0.1, 0.15) is 11.5 Å². The number of benzene rings is 1. The van der Waals surface area contributed by atoms with Gasteiger partial charge in [-0.05, 0) is 18.9 Å². The second kappa shape index (κ2) is 7.33. The Labute approximate surface area is 123 Å². The zero-order valence-electron chi connectivity index (χ0n) is 12.0. The molecule has 1 N–H and O–H groups in total. The first-order valence-electron chi connectivity index (χ1n) is 7.02. The minimum Gasteiger partial charge on any atom is -0.383 e. The molecule has 6 nitrogen and oxygen atoms in total. The van der Waals surface area contributed by atoms with Crippen LogP contribution in [0.25, 0.3) is 0 Å². The molecule has 1 aliphatic heterocycles. The zero-order chi connectivity index (χ0) is 15.2. The Morgan fingerprint density at radius 3 is 2.81 bits per heavy atom. The van der Waals surface area contributed by atoms with Gasteiger partial charge in [-0.2, -0.15) is 0 Å². The molecule has 1 fully saturated rings. The summed E-state index contributed by atoms with van der Waals surface area (Å²) in [6, 6.07) is 3.63. The van der Waals surface area contributed by atoms with Crippen molar-refractivity contribution in [3.63, 3.8) is 0 Å². The predicted octanol–water partition coefficient (Wildman–Crippen LogP) is 2.26. The second-order valence-electron chi connectivity index (χ2n) is 5.17. The van der Waals surface area contributed by atoms with Crippen LogP contribution in [0.2, 0.25) is 0 Å². The Kier molecular flexibility index (Phi) is 5.46. The van der Waals surface area contributed by atoms with E-state index in [9.17, 15) is 14.5 Å². The van der Waals surface area contributed by atoms with Crippen molar-refractivity contribution in [2.75, 3.05) is 38.7 Å². The van der Waals surface area contributed by atoms with Gasteiger partial charge in [-0.15, -0.1) is 0 Å². The number of anilines is 1. The predicted molar refractivity (Wildman–Crippen MR) is 78.0 cm³/mol. The fourth-order valence-electron chi connectivity index (χ4n) is 2.52. The molecular formula is C14H20FN3O3. The van der Waals surface area contributed by atoms with Crippen molar-refractivity contribution < 1.29 is 14.1 Å². The molecule has 1 aliphatic rings. The third-order valence-corrected chi connectivity index (χ3v) is 3.71. The fourth-order valence-corrected chi connectivity index (χ4v) is 2.52. The van der Waals surface area contributed by atoms with Crippen LogP contribution in [-0.2, 0) is 4.74 Å². The van der Waals surface area contributed by atoms with Gasteiger partial charge >= 0.3 is 0 Å². The third kappa shape index (κ3) is 4.37. The zero-order valence-corrected chi connectivity index (χ0v) is 12.0. The van der Waals surface area contributed by atoms with Crippen LogP contribution < -0.4 is 5.32 Å². The lowest BCUT2D eigenvalue weighted by molar-refractivity contribution is -0.384. The Morgan fingerprint density at radius 2 is 2.19 bits per heavy atom. The molecule has 7 heteroatoms. The molecule has 0 spiro atoms. The molecule has 0 aromatic heterocycles. The standard InChI is InChI=1S/C14H20FN3O3/c1-21-9-8-17-6-4-12(5-7-17)16-13-10-11(15)2-3-14(13)18(19)20/h2-3,10,12,16H,4-9H2,1H3. The van der Waals surface area contributed by atoms with E-state index in [0.717, 1.165) is 38.5 Å². The van der Waals surface area contributed by atoms with Crippen molar-refractivity contribution in [3.8, 4) is 0 Å². The number of rotatable bonds is 6. The first-order valence-corrected chi connectivity index (χ1v) is 7.02. The number of hydrogen-bond donors (Lipinski definition) is 1. The highest BCUT2D eigenvalue weighted by atomic mass is 19.1. The van der Waals surface area contributed by atoms with Crippen LogP contribution in [0.5, 0.6) is 0 Å². The number of halogens is 1. The number of nitro benzene ring substituents is 1. The van der Waals surface area contributed by atoms with Gasteiger partial charge in [0.05, 0.1) is 11.5 Å². The lowest BCUT2D eigenvalue weighted by Gasteiger charge is -2.32. The molecule has 1 saturated heterocycles. The van der Waals surface area contributed by atoms with Crippen molar-refractivity contribution in [2.45, 2.75) is 18.9 Å². The number of nitrogens with one attached hydrogen (secondary N) is 1. The van der Waals surface area contributed by atoms with Gasteiger partial charge in [0.15, 0.2) is 0 Å². The molecule has 0 saturated carbocycles. The number of nitro groups is 1. The molecule has 21 heavy (non-hydrogen) atoms. The molecule has 0 radical (unpaired) electrons. The minimum absolute atomic E-state index is 0.0850. The topological polar surface area (TPSA) is 67.6 Å². The normalized spacial score (nSPS) is 16.9. The summed E-state index contributed by atoms with van der Waals surface area (Å²) in [6.07, 6.45) is 1.74. The van der Waals surface area contributed by atoms with Crippen LogP contribution in [0.1, 0.15) is 12.8 Å². The van der Waals surface area contributed by atoms with E-state index < -0.39 is 10.7 Å². The fraction of sp³-hybridized carbons (Fsp3) is 0.571. The van der Waals surface area contributed by atoms with Gasteiger partial charge < -0.3 is 15.0 Å². The van der Waals surface area contributed by atoms with Crippen molar-refractivity contribution in [2.24, 2.45) is 0 Å². The average molecular weight is 297 g/mol. The number of hydrogen-bond acceptors (Lipinski definition) is 5. The van der Waals surface area contributed by atoms with Crippen LogP contribution in [-0.4, -0.2) is 49.2 Å². The number of piperidine rings is 1. The monoisotopic (exact) mass is 297 g/mol. The second-order valence-corrected chi connectivity index (χ2v) is 5.17. The highest BCUT2D eigenvalue weighted by Gasteiger charge is 2.22. The third-order valence-electron chi connectivity index (χ3n) is 3.71. The van der Waals surface area contributed by atoms with Gasteiger partial charge in [0.25, 0.3) is 5.69 Å². The first-order chi connectivity index (χ1) is 10.1. The summed E-state index contributed by atoms with van der Waals surface area (Å²) < 4.78 is 18.3. The molecule has 0 aliphatic carbocycles. The molecule has 116 valence electrons. The Bertz CT molecular complexity index is 490. The van der Waals surface area contributed by atoms with Crippen molar-refractivity contribution in [1.82, 2.24) is 4.90 Å². The Morgan fingerprint density at radius 1 is 1.48 bits per heavy atom. The summed E-state index contributed by atoms with van der Waals surface area (Å²) in [7, 11) is 1.68. The van der Waals surface area contributed by atoms with Gasteiger partial charge in [-0.25, -0.2) is 4.39 Å². The van der Waals surface area contributed by atoms with Gasteiger partial charge in [0.2, 0.25) is 0 Å². The summed E-state index contributed by atoms with van der Waals surface area (Å²) in [4.78, 5) is 12.8. The maximum Gasteiger partial charge on any atom is 0.292 e. The van der Waals surface area contributed by atoms with E-state index >= 15 is 0 Å². The van der Waals surface area contributed by atoms with Gasteiger partial charge in [0, 0.05) is 44.9 Å². The van der Waals surface area contributed by atoms with E-state index in [-0.39, 0.29) is 17.4 Å². The number of likely N-dealkylation sites (tertiary alicyclic amines) is 1. The first kappa shape index (κ1) is 15.7. The van der Waals surface area contributed by atoms with Crippen molar-refractivity contribution in [1.29, 1.82) is 0 Å². The summed E-state index contributed by atoms with van der Waals surface area (Å²) in [5, 5.41) is 14.1. The number of methoxy groups -OCH3 is 1. The van der Waals surface area contributed by atoms with Crippen LogP contribution in [0.4, 0.5) is 15.8 Å². The number of nitrogens with zero attached hydrogens (tertiary/aromatic N) is 2. The molecule has 1 heterocycles. The molecular weight excluding hydrogens is 277 g/mol. The Balaban J connectivity index is 1.94. The molecule has 1 aromatic carbocycles. The minimum atomic E-state index is -0.491. The largest absolute Gasteiger partial charge is 0.383 e. The van der Waals surface area contributed by atoms with E-state index in [0.29, 0.717) is 6.61 Å². The molecule has 0 bridgehead atoms. The van der Waals surface area contributed by atoms with Gasteiger partial charge in [-0.3, -0.25) is 10.1 Å². The van der Waals surface area contributed by atoms with Gasteiger partial charge in [-0.1, -0.05) is 0 Å². The number of ether oxygens (including phenoxy) is 1. The van der Waals surface area contributed by atoms with Crippen LogP contribution in [0.3, 0.4) is 0 Å². The average Bonchev–Trinajstić information content (AvgIpc) is 2.46. The summed E-state index contributed by atoms with van der Waals surface area (Å²) >= 11 is 0. The van der Waals surface area contributed by atoms with E-state index in [1.807, 2.05) is 0 Å². The summed E-state index contributed by atoms with van der Waals surface area (Å²) in [6.45, 7) is 3.41. The SMILES string of the molecule is COCCN1CCC(Nc2cc(F)ccc2[N+](=O)[O-])CC1. The van der Waals surface area contributed by atoms with E-state index in [2.05, 4.69) is 10.2 Å². The quantitative estimate of drug-likeness (QED) is 0.644. The smallest absolute Gasteiger partial charge is 0.292 e.